The molecule has 2 heterocycles. The van der Waals surface area contributed by atoms with Crippen molar-refractivity contribution in [3.63, 3.8) is 0 Å². The zero-order valence-corrected chi connectivity index (χ0v) is 12.4. The lowest BCUT2D eigenvalue weighted by molar-refractivity contribution is 0.428. The summed E-state index contributed by atoms with van der Waals surface area (Å²) in [7, 11) is -2.04. The van der Waals surface area contributed by atoms with Crippen molar-refractivity contribution in [2.45, 2.75) is 23.8 Å². The van der Waals surface area contributed by atoms with Gasteiger partial charge in [0, 0.05) is 25.7 Å². The van der Waals surface area contributed by atoms with E-state index in [9.17, 15) is 13.2 Å². The van der Waals surface area contributed by atoms with Crippen molar-refractivity contribution in [1.82, 2.24) is 14.6 Å². The lowest BCUT2D eigenvalue weighted by Gasteiger charge is -2.23. The molecule has 2 N–H and O–H groups in total. The van der Waals surface area contributed by atoms with E-state index < -0.39 is 15.8 Å². The number of aromatic nitrogens is 1. The summed E-state index contributed by atoms with van der Waals surface area (Å²) in [5.41, 5.74) is 0.838. The van der Waals surface area contributed by atoms with Crippen molar-refractivity contribution in [2.24, 2.45) is 7.05 Å². The van der Waals surface area contributed by atoms with Crippen LogP contribution in [0.2, 0.25) is 0 Å². The van der Waals surface area contributed by atoms with Gasteiger partial charge in [0.15, 0.2) is 5.58 Å². The van der Waals surface area contributed by atoms with Gasteiger partial charge in [-0.3, -0.25) is 4.57 Å². The number of oxazole rings is 1. The third-order valence-electron chi connectivity index (χ3n) is 3.69. The van der Waals surface area contributed by atoms with Gasteiger partial charge in [-0.05, 0) is 31.5 Å². The molecule has 7 nitrogen and oxygen atoms in total. The number of aryl methyl sites for hydroxylation is 1. The van der Waals surface area contributed by atoms with Crippen LogP contribution in [0.25, 0.3) is 11.1 Å². The molecule has 0 bridgehead atoms. The van der Waals surface area contributed by atoms with Gasteiger partial charge in [0.25, 0.3) is 0 Å². The number of hydrogen-bond acceptors (Lipinski definition) is 5. The number of rotatable bonds is 3. The highest BCUT2D eigenvalue weighted by atomic mass is 32.2. The van der Waals surface area contributed by atoms with E-state index in [1.807, 2.05) is 0 Å². The Morgan fingerprint density at radius 2 is 2.24 bits per heavy atom. The third kappa shape index (κ3) is 2.74. The van der Waals surface area contributed by atoms with Gasteiger partial charge in [-0.15, -0.1) is 0 Å². The van der Waals surface area contributed by atoms with Crippen LogP contribution in [0.5, 0.6) is 0 Å². The molecule has 0 saturated carbocycles. The Morgan fingerprint density at radius 1 is 1.43 bits per heavy atom. The highest BCUT2D eigenvalue weighted by molar-refractivity contribution is 7.89. The minimum Gasteiger partial charge on any atom is -0.408 e. The molecule has 2 aromatic rings. The van der Waals surface area contributed by atoms with Crippen LogP contribution < -0.4 is 15.8 Å². The first-order valence-corrected chi connectivity index (χ1v) is 8.28. The highest BCUT2D eigenvalue weighted by Gasteiger charge is 2.22. The summed E-state index contributed by atoms with van der Waals surface area (Å²) in [6.07, 6.45) is 1.76. The molecule has 0 amide bonds. The Hall–Kier alpha value is -1.64. The fourth-order valence-corrected chi connectivity index (χ4v) is 3.81. The number of hydrogen-bond donors (Lipinski definition) is 2. The number of sulfonamides is 1. The number of fused-ring (bicyclic) bond motifs is 1. The quantitative estimate of drug-likeness (QED) is 0.842. The molecular formula is C13H17N3O4S. The zero-order valence-electron chi connectivity index (χ0n) is 11.6. The van der Waals surface area contributed by atoms with Crippen molar-refractivity contribution < 1.29 is 12.8 Å². The molecule has 1 saturated heterocycles. The Balaban J connectivity index is 1.92. The Labute approximate surface area is 122 Å². The van der Waals surface area contributed by atoms with E-state index in [-0.39, 0.29) is 16.5 Å². The van der Waals surface area contributed by atoms with Crippen LogP contribution in [0.4, 0.5) is 0 Å². The monoisotopic (exact) mass is 311 g/mol. The van der Waals surface area contributed by atoms with Crippen LogP contribution in [0, 0.1) is 0 Å². The molecule has 0 aliphatic carbocycles. The topological polar surface area (TPSA) is 93.3 Å². The maximum absolute atomic E-state index is 12.4. The summed E-state index contributed by atoms with van der Waals surface area (Å²) in [6, 6.07) is 4.33. The molecule has 1 aliphatic rings. The molecule has 1 aromatic carbocycles. The van der Waals surface area contributed by atoms with E-state index >= 15 is 0 Å². The van der Waals surface area contributed by atoms with Gasteiger partial charge in [-0.25, -0.2) is 17.9 Å². The second-order valence-electron chi connectivity index (χ2n) is 5.22. The predicted molar refractivity (Wildman–Crippen MR) is 77.7 cm³/mol. The first kappa shape index (κ1) is 14.3. The largest absolute Gasteiger partial charge is 0.419 e. The molecule has 1 fully saturated rings. The summed E-state index contributed by atoms with van der Waals surface area (Å²) in [4.78, 5) is 11.5. The normalized spacial score (nSPS) is 20.0. The molecule has 1 aromatic heterocycles. The minimum atomic E-state index is -3.62. The van der Waals surface area contributed by atoms with E-state index in [2.05, 4.69) is 10.0 Å². The maximum Gasteiger partial charge on any atom is 0.419 e. The second kappa shape index (κ2) is 5.28. The van der Waals surface area contributed by atoms with Gasteiger partial charge in [-0.1, -0.05) is 0 Å². The minimum absolute atomic E-state index is 0.106. The summed E-state index contributed by atoms with van der Waals surface area (Å²) in [6.45, 7) is 1.54. The van der Waals surface area contributed by atoms with Crippen molar-refractivity contribution in [3.8, 4) is 0 Å². The maximum atomic E-state index is 12.4. The molecule has 1 atom stereocenters. The first-order chi connectivity index (χ1) is 9.97. The third-order valence-corrected chi connectivity index (χ3v) is 5.21. The van der Waals surface area contributed by atoms with Crippen LogP contribution in [-0.4, -0.2) is 32.1 Å². The van der Waals surface area contributed by atoms with E-state index in [4.69, 9.17) is 4.42 Å². The van der Waals surface area contributed by atoms with Gasteiger partial charge in [0.2, 0.25) is 10.0 Å². The summed E-state index contributed by atoms with van der Waals surface area (Å²) < 4.78 is 33.8. The van der Waals surface area contributed by atoms with Gasteiger partial charge < -0.3 is 9.73 Å². The van der Waals surface area contributed by atoms with Gasteiger partial charge in [-0.2, -0.15) is 0 Å². The molecule has 0 spiro atoms. The van der Waals surface area contributed by atoms with Crippen molar-refractivity contribution in [2.75, 3.05) is 13.1 Å². The lowest BCUT2D eigenvalue weighted by Crippen LogP contribution is -2.45. The predicted octanol–water partition coefficient (Wildman–Crippen LogP) is 0.162. The van der Waals surface area contributed by atoms with Crippen molar-refractivity contribution in [1.29, 1.82) is 0 Å². The molecular weight excluding hydrogens is 294 g/mol. The summed E-state index contributed by atoms with van der Waals surface area (Å²) in [5.74, 6) is -0.510. The highest BCUT2D eigenvalue weighted by Crippen LogP contribution is 2.18. The van der Waals surface area contributed by atoms with E-state index in [1.165, 1.54) is 16.7 Å². The van der Waals surface area contributed by atoms with E-state index in [0.717, 1.165) is 19.4 Å². The van der Waals surface area contributed by atoms with Crippen molar-refractivity contribution >= 4 is 21.1 Å². The fourth-order valence-electron chi connectivity index (χ4n) is 2.52. The zero-order chi connectivity index (χ0) is 15.0. The Morgan fingerprint density at radius 3 is 2.95 bits per heavy atom. The summed E-state index contributed by atoms with van der Waals surface area (Å²) in [5, 5.41) is 3.16. The average Bonchev–Trinajstić information content (AvgIpc) is 2.74. The van der Waals surface area contributed by atoms with E-state index in [1.54, 1.807) is 13.1 Å². The molecule has 114 valence electrons. The molecule has 8 heteroatoms. The second-order valence-corrected chi connectivity index (χ2v) is 6.94. The molecule has 1 aliphatic heterocycles. The fraction of sp³-hybridized carbons (Fsp3) is 0.462. The van der Waals surface area contributed by atoms with Crippen LogP contribution in [0.15, 0.2) is 32.3 Å². The molecule has 0 radical (unpaired) electrons. The number of piperidine rings is 1. The van der Waals surface area contributed by atoms with E-state index in [0.29, 0.717) is 12.1 Å². The smallest absolute Gasteiger partial charge is 0.408 e. The van der Waals surface area contributed by atoms with Crippen molar-refractivity contribution in [3.05, 3.63) is 28.7 Å². The lowest BCUT2D eigenvalue weighted by atomic mass is 10.1. The van der Waals surface area contributed by atoms with Crippen LogP contribution in [0.3, 0.4) is 0 Å². The Bertz CT molecular complexity index is 816. The molecule has 1 unspecified atom stereocenters. The molecule has 3 rings (SSSR count). The van der Waals surface area contributed by atoms with Gasteiger partial charge in [0.05, 0.1) is 10.4 Å². The first-order valence-electron chi connectivity index (χ1n) is 6.80. The average molecular weight is 311 g/mol. The van der Waals surface area contributed by atoms with Crippen LogP contribution >= 0.6 is 0 Å². The van der Waals surface area contributed by atoms with Crippen LogP contribution in [0.1, 0.15) is 12.8 Å². The SMILES string of the molecule is Cn1c(=O)oc2cc(S(=O)(=O)NC3CCCNC3)ccc21. The standard InChI is InChI=1S/C13H17N3O4S/c1-16-11-5-4-10(7-12(11)20-13(16)17)21(18,19)15-9-3-2-6-14-8-9/h4-5,7,9,14-15H,2-3,6,8H2,1H3. The number of nitrogens with zero attached hydrogens (tertiary/aromatic N) is 1. The van der Waals surface area contributed by atoms with Gasteiger partial charge >= 0.3 is 5.76 Å². The number of benzene rings is 1. The van der Waals surface area contributed by atoms with Crippen LogP contribution in [-0.2, 0) is 17.1 Å². The summed E-state index contributed by atoms with van der Waals surface area (Å²) >= 11 is 0. The van der Waals surface area contributed by atoms with Gasteiger partial charge in [0.1, 0.15) is 0 Å². The molecule has 21 heavy (non-hydrogen) atoms. The Kier molecular flexibility index (Phi) is 3.60. The number of nitrogens with one attached hydrogen (secondary N) is 2.